The van der Waals surface area contributed by atoms with Crippen LogP contribution in [-0.4, -0.2) is 86.0 Å². The van der Waals surface area contributed by atoms with Gasteiger partial charge in [0.25, 0.3) is 0 Å². The van der Waals surface area contributed by atoms with Crippen LogP contribution < -0.4 is 15.4 Å². The number of piperazine rings is 1. The topological polar surface area (TPSA) is 60.0 Å². The summed E-state index contributed by atoms with van der Waals surface area (Å²) < 4.78 is 5.85. The van der Waals surface area contributed by atoms with Gasteiger partial charge in [-0.05, 0) is 76.0 Å². The van der Waals surface area contributed by atoms with Crippen molar-refractivity contribution in [1.29, 1.82) is 0 Å². The van der Waals surface area contributed by atoms with E-state index >= 15 is 0 Å². The molecule has 3 aliphatic rings. The first-order valence-electron chi connectivity index (χ1n) is 11.4. The number of benzene rings is 1. The second-order valence-electron chi connectivity index (χ2n) is 9.33. The number of piperidine rings is 1. The molecule has 1 unspecified atom stereocenters. The van der Waals surface area contributed by atoms with E-state index in [4.69, 9.17) is 4.74 Å². The highest BCUT2D eigenvalue weighted by molar-refractivity contribution is 5.27. The molecular formula is C23H38N4O2. The Kier molecular flexibility index (Phi) is 7.08. The Morgan fingerprint density at radius 2 is 1.93 bits per heavy atom. The number of hydrogen-bond acceptors (Lipinski definition) is 6. The van der Waals surface area contributed by atoms with E-state index in [0.717, 1.165) is 50.9 Å². The van der Waals surface area contributed by atoms with Gasteiger partial charge in [0.05, 0.1) is 0 Å². The summed E-state index contributed by atoms with van der Waals surface area (Å²) in [5.41, 5.74) is 1.76. The molecule has 0 amide bonds. The van der Waals surface area contributed by atoms with E-state index in [-0.39, 0.29) is 0 Å². The van der Waals surface area contributed by atoms with Gasteiger partial charge in [-0.2, -0.15) is 0 Å². The summed E-state index contributed by atoms with van der Waals surface area (Å²) in [5.74, 6) is 1.62. The third-order valence-electron chi connectivity index (χ3n) is 6.75. The average molecular weight is 403 g/mol. The lowest BCUT2D eigenvalue weighted by Gasteiger charge is -2.34. The summed E-state index contributed by atoms with van der Waals surface area (Å²) in [6.07, 6.45) is 4.64. The number of hydrogen-bond donors (Lipinski definition) is 3. The SMILES string of the molecule is CNCC1CCN(CC(O)COc2ccc(CN3CCNC4(CC4)C3)cc2)CC1. The normalized spacial score (nSPS) is 23.9. The molecule has 3 N–H and O–H groups in total. The standard InChI is InChI=1S/C23H38N4O2/c1-24-14-19-6-11-26(12-7-19)16-21(28)17-29-22-4-2-20(3-5-22)15-27-13-10-25-23(18-27)8-9-23/h2-5,19,21,24-25,28H,6-18H2,1H3. The largest absolute Gasteiger partial charge is 0.491 e. The smallest absolute Gasteiger partial charge is 0.119 e. The molecule has 6 nitrogen and oxygen atoms in total. The van der Waals surface area contributed by atoms with Gasteiger partial charge in [0, 0.05) is 38.3 Å². The Balaban J connectivity index is 1.15. The fraction of sp³-hybridized carbons (Fsp3) is 0.739. The van der Waals surface area contributed by atoms with Gasteiger partial charge in [-0.1, -0.05) is 12.1 Å². The summed E-state index contributed by atoms with van der Waals surface area (Å²) in [4.78, 5) is 4.92. The fourth-order valence-corrected chi connectivity index (χ4v) is 4.82. The minimum atomic E-state index is -0.439. The molecule has 1 aliphatic carbocycles. The monoisotopic (exact) mass is 402 g/mol. The van der Waals surface area contributed by atoms with Crippen LogP contribution in [0.25, 0.3) is 0 Å². The summed E-state index contributed by atoms with van der Waals surface area (Å²) in [7, 11) is 2.02. The highest BCUT2D eigenvalue weighted by Gasteiger charge is 2.45. The van der Waals surface area contributed by atoms with Gasteiger partial charge >= 0.3 is 0 Å². The van der Waals surface area contributed by atoms with E-state index in [9.17, 15) is 5.11 Å². The molecule has 6 heteroatoms. The Labute approximate surface area is 175 Å². The second kappa shape index (κ2) is 9.75. The van der Waals surface area contributed by atoms with Gasteiger partial charge in [0.15, 0.2) is 0 Å². The van der Waals surface area contributed by atoms with Crippen molar-refractivity contribution in [3.8, 4) is 5.75 Å². The lowest BCUT2D eigenvalue weighted by atomic mass is 9.97. The molecule has 3 fully saturated rings. The number of ether oxygens (including phenoxy) is 1. The van der Waals surface area contributed by atoms with Crippen molar-refractivity contribution in [2.75, 3.05) is 59.5 Å². The molecule has 29 heavy (non-hydrogen) atoms. The molecular weight excluding hydrogens is 364 g/mol. The first-order valence-corrected chi connectivity index (χ1v) is 11.4. The molecule has 162 valence electrons. The molecule has 4 rings (SSSR count). The maximum atomic E-state index is 10.4. The van der Waals surface area contributed by atoms with Gasteiger partial charge in [-0.15, -0.1) is 0 Å². The van der Waals surface area contributed by atoms with Gasteiger partial charge in [-0.3, -0.25) is 4.90 Å². The lowest BCUT2D eigenvalue weighted by molar-refractivity contribution is 0.0551. The Morgan fingerprint density at radius 3 is 2.62 bits per heavy atom. The van der Waals surface area contributed by atoms with Crippen LogP contribution in [0.3, 0.4) is 0 Å². The number of aliphatic hydroxyl groups is 1. The second-order valence-corrected chi connectivity index (χ2v) is 9.33. The minimum Gasteiger partial charge on any atom is -0.491 e. The molecule has 1 saturated carbocycles. The maximum absolute atomic E-state index is 10.4. The molecule has 1 atom stereocenters. The van der Waals surface area contributed by atoms with E-state index in [2.05, 4.69) is 32.6 Å². The highest BCUT2D eigenvalue weighted by Crippen LogP contribution is 2.37. The predicted molar refractivity (Wildman–Crippen MR) is 116 cm³/mol. The number of β-amino-alcohol motifs (C(OH)–C–C–N with tert-alkyl or cyclic N) is 1. The third kappa shape index (κ3) is 6.15. The van der Waals surface area contributed by atoms with Crippen LogP contribution in [-0.2, 0) is 6.54 Å². The Bertz CT molecular complexity index is 626. The van der Waals surface area contributed by atoms with E-state index in [0.29, 0.717) is 18.7 Å². The molecule has 1 aromatic carbocycles. The predicted octanol–water partition coefficient (Wildman–Crippen LogP) is 1.30. The zero-order chi connectivity index (χ0) is 20.1. The van der Waals surface area contributed by atoms with Crippen molar-refractivity contribution in [2.24, 2.45) is 5.92 Å². The summed E-state index contributed by atoms with van der Waals surface area (Å²) in [5, 5.41) is 17.3. The summed E-state index contributed by atoms with van der Waals surface area (Å²) in [6.45, 7) is 8.72. The van der Waals surface area contributed by atoms with Gasteiger partial charge in [0.2, 0.25) is 0 Å². The quantitative estimate of drug-likeness (QED) is 0.579. The van der Waals surface area contributed by atoms with Gasteiger partial charge in [0.1, 0.15) is 18.5 Å². The summed E-state index contributed by atoms with van der Waals surface area (Å²) >= 11 is 0. The number of nitrogens with one attached hydrogen (secondary N) is 2. The number of rotatable bonds is 9. The van der Waals surface area contributed by atoms with E-state index in [1.165, 1.54) is 37.8 Å². The maximum Gasteiger partial charge on any atom is 0.119 e. The van der Waals surface area contributed by atoms with Crippen molar-refractivity contribution in [3.05, 3.63) is 29.8 Å². The van der Waals surface area contributed by atoms with Crippen molar-refractivity contribution in [3.63, 3.8) is 0 Å². The first kappa shape index (κ1) is 21.1. The molecule has 2 saturated heterocycles. The van der Waals surface area contributed by atoms with Crippen LogP contribution >= 0.6 is 0 Å². The third-order valence-corrected chi connectivity index (χ3v) is 6.75. The van der Waals surface area contributed by atoms with Crippen LogP contribution in [0.1, 0.15) is 31.2 Å². The highest BCUT2D eigenvalue weighted by atomic mass is 16.5. The zero-order valence-electron chi connectivity index (χ0n) is 17.9. The average Bonchev–Trinajstić information content (AvgIpc) is 3.47. The molecule has 2 aliphatic heterocycles. The molecule has 0 bridgehead atoms. The van der Waals surface area contributed by atoms with E-state index in [1.807, 2.05) is 19.2 Å². The van der Waals surface area contributed by atoms with E-state index in [1.54, 1.807) is 0 Å². The molecule has 2 heterocycles. The number of aliphatic hydroxyl groups excluding tert-OH is 1. The lowest BCUT2D eigenvalue weighted by Crippen LogP contribution is -2.51. The molecule has 1 spiro atoms. The van der Waals surface area contributed by atoms with Crippen LogP contribution in [0.15, 0.2) is 24.3 Å². The van der Waals surface area contributed by atoms with Crippen molar-refractivity contribution < 1.29 is 9.84 Å². The molecule has 0 aromatic heterocycles. The number of nitrogens with zero attached hydrogens (tertiary/aromatic N) is 2. The van der Waals surface area contributed by atoms with Crippen molar-refractivity contribution >= 4 is 0 Å². The van der Waals surface area contributed by atoms with E-state index < -0.39 is 6.10 Å². The molecule has 0 radical (unpaired) electrons. The Morgan fingerprint density at radius 1 is 1.17 bits per heavy atom. The van der Waals surface area contributed by atoms with Crippen LogP contribution in [0.2, 0.25) is 0 Å². The Hall–Kier alpha value is -1.18. The van der Waals surface area contributed by atoms with Crippen molar-refractivity contribution in [2.45, 2.75) is 43.9 Å². The van der Waals surface area contributed by atoms with Crippen LogP contribution in [0.4, 0.5) is 0 Å². The minimum absolute atomic E-state index is 0.357. The van der Waals surface area contributed by atoms with Crippen molar-refractivity contribution in [1.82, 2.24) is 20.4 Å². The van der Waals surface area contributed by atoms with Gasteiger partial charge in [-0.25, -0.2) is 0 Å². The molecule has 1 aromatic rings. The summed E-state index contributed by atoms with van der Waals surface area (Å²) in [6, 6.07) is 8.41. The first-order chi connectivity index (χ1) is 14.1. The zero-order valence-corrected chi connectivity index (χ0v) is 17.9. The van der Waals surface area contributed by atoms with Crippen LogP contribution in [0.5, 0.6) is 5.75 Å². The number of likely N-dealkylation sites (tertiary alicyclic amines) is 1. The fourth-order valence-electron chi connectivity index (χ4n) is 4.82. The van der Waals surface area contributed by atoms with Gasteiger partial charge < -0.3 is 25.4 Å². The van der Waals surface area contributed by atoms with Crippen LogP contribution in [0, 0.1) is 5.92 Å².